The van der Waals surface area contributed by atoms with Gasteiger partial charge in [-0.25, -0.2) is 0 Å². The zero-order valence-corrected chi connectivity index (χ0v) is 6.50. The summed E-state index contributed by atoms with van der Waals surface area (Å²) in [5.41, 5.74) is 1.26. The van der Waals surface area contributed by atoms with E-state index in [1.54, 1.807) is 20.0 Å². The summed E-state index contributed by atoms with van der Waals surface area (Å²) in [7, 11) is 0. The highest BCUT2D eigenvalue weighted by molar-refractivity contribution is 6.40. The maximum atomic E-state index is 8.29. The monoisotopic (exact) mass is 140 g/mol. The van der Waals surface area contributed by atoms with Gasteiger partial charge < -0.3 is 5.21 Å². The molecule has 0 aliphatic rings. The van der Waals surface area contributed by atoms with Crippen molar-refractivity contribution in [3.63, 3.8) is 0 Å². The summed E-state index contributed by atoms with van der Waals surface area (Å²) in [6, 6.07) is 0. The van der Waals surface area contributed by atoms with Crippen LogP contribution in [0.1, 0.15) is 20.8 Å². The molecule has 0 aromatic rings. The number of hydrogen-bond donors (Lipinski definition) is 1. The molecular weight excluding hydrogens is 128 g/mol. The summed E-state index contributed by atoms with van der Waals surface area (Å²) in [4.78, 5) is 3.96. The average Bonchev–Trinajstić information content (AvgIpc) is 1.98. The molecular formula is C7H12N2O. The molecule has 0 aromatic heterocycles. The van der Waals surface area contributed by atoms with Gasteiger partial charge in [-0.05, 0) is 20.8 Å². The second-order valence-corrected chi connectivity index (χ2v) is 1.88. The first kappa shape index (κ1) is 8.88. The molecule has 3 nitrogen and oxygen atoms in total. The van der Waals surface area contributed by atoms with E-state index in [0.29, 0.717) is 5.71 Å². The lowest BCUT2D eigenvalue weighted by molar-refractivity contribution is 0.320. The quantitative estimate of drug-likeness (QED) is 0.355. The Hall–Kier alpha value is -1.12. The standard InChI is InChI=1S/C7H12N2O/c1-4-5-8-6(2)7(3)9-10/h4-5,10H,1-3H3/b5-4+,8-6+,9-7+. The summed E-state index contributed by atoms with van der Waals surface area (Å²) in [5, 5.41) is 11.3. The number of hydrogen-bond acceptors (Lipinski definition) is 3. The van der Waals surface area contributed by atoms with E-state index in [9.17, 15) is 0 Å². The molecule has 0 amide bonds. The van der Waals surface area contributed by atoms with Crippen molar-refractivity contribution >= 4 is 11.4 Å². The average molecular weight is 140 g/mol. The Labute approximate surface area is 60.8 Å². The molecule has 0 saturated carbocycles. The molecule has 0 aliphatic heterocycles. The van der Waals surface area contributed by atoms with Gasteiger partial charge in [0.25, 0.3) is 0 Å². The molecule has 0 heterocycles. The van der Waals surface area contributed by atoms with Crippen LogP contribution in [0.15, 0.2) is 22.4 Å². The first-order valence-corrected chi connectivity index (χ1v) is 3.07. The summed E-state index contributed by atoms with van der Waals surface area (Å²) >= 11 is 0. The van der Waals surface area contributed by atoms with E-state index in [0.717, 1.165) is 5.71 Å². The molecule has 10 heavy (non-hydrogen) atoms. The second kappa shape index (κ2) is 4.73. The summed E-state index contributed by atoms with van der Waals surface area (Å²) < 4.78 is 0. The largest absolute Gasteiger partial charge is 0.411 e. The molecule has 0 rings (SSSR count). The lowest BCUT2D eigenvalue weighted by Gasteiger charge is -1.91. The predicted molar refractivity (Wildman–Crippen MR) is 42.8 cm³/mol. The molecule has 0 saturated heterocycles. The Morgan fingerprint density at radius 1 is 1.30 bits per heavy atom. The molecule has 0 atom stereocenters. The van der Waals surface area contributed by atoms with E-state index < -0.39 is 0 Å². The number of aliphatic imine (C=N–C) groups is 1. The third kappa shape index (κ3) is 3.02. The molecule has 0 bridgehead atoms. The van der Waals surface area contributed by atoms with Crippen LogP contribution in [0.2, 0.25) is 0 Å². The molecule has 0 radical (unpaired) electrons. The lowest BCUT2D eigenvalue weighted by Crippen LogP contribution is -2.04. The van der Waals surface area contributed by atoms with Crippen molar-refractivity contribution in [3.8, 4) is 0 Å². The molecule has 0 fully saturated rings. The van der Waals surface area contributed by atoms with Crippen LogP contribution in [0.4, 0.5) is 0 Å². The van der Waals surface area contributed by atoms with E-state index in [2.05, 4.69) is 10.1 Å². The van der Waals surface area contributed by atoms with Crippen LogP contribution in [0.3, 0.4) is 0 Å². The summed E-state index contributed by atoms with van der Waals surface area (Å²) in [6.45, 7) is 5.36. The normalized spacial score (nSPS) is 14.7. The highest BCUT2D eigenvalue weighted by Crippen LogP contribution is 1.84. The van der Waals surface area contributed by atoms with Crippen molar-refractivity contribution < 1.29 is 5.21 Å². The van der Waals surface area contributed by atoms with Gasteiger partial charge in [0, 0.05) is 6.20 Å². The van der Waals surface area contributed by atoms with Crippen LogP contribution in [0, 0.1) is 0 Å². The molecule has 0 aliphatic carbocycles. The smallest absolute Gasteiger partial charge is 0.0975 e. The van der Waals surface area contributed by atoms with Crippen molar-refractivity contribution in [1.82, 2.24) is 0 Å². The maximum Gasteiger partial charge on any atom is 0.0975 e. The molecule has 0 aromatic carbocycles. The minimum Gasteiger partial charge on any atom is -0.411 e. The van der Waals surface area contributed by atoms with Crippen LogP contribution in [-0.4, -0.2) is 16.6 Å². The van der Waals surface area contributed by atoms with Crippen molar-refractivity contribution in [1.29, 1.82) is 0 Å². The lowest BCUT2D eigenvalue weighted by atomic mass is 10.3. The first-order chi connectivity index (χ1) is 4.72. The van der Waals surface area contributed by atoms with Gasteiger partial charge in [0.2, 0.25) is 0 Å². The predicted octanol–water partition coefficient (Wildman–Crippen LogP) is 1.83. The zero-order valence-electron chi connectivity index (χ0n) is 6.50. The Kier molecular flexibility index (Phi) is 4.20. The van der Waals surface area contributed by atoms with Crippen LogP contribution in [0.25, 0.3) is 0 Å². The first-order valence-electron chi connectivity index (χ1n) is 3.07. The van der Waals surface area contributed by atoms with Crippen molar-refractivity contribution in [3.05, 3.63) is 12.3 Å². The highest BCUT2D eigenvalue weighted by Gasteiger charge is 1.92. The van der Waals surface area contributed by atoms with Crippen LogP contribution >= 0.6 is 0 Å². The number of allylic oxidation sites excluding steroid dienone is 1. The van der Waals surface area contributed by atoms with Gasteiger partial charge in [0.05, 0.1) is 11.4 Å². The Bertz CT molecular complexity index is 180. The van der Waals surface area contributed by atoms with E-state index >= 15 is 0 Å². The van der Waals surface area contributed by atoms with Gasteiger partial charge in [0.1, 0.15) is 0 Å². The van der Waals surface area contributed by atoms with Crippen LogP contribution < -0.4 is 0 Å². The van der Waals surface area contributed by atoms with Crippen molar-refractivity contribution in [2.24, 2.45) is 10.1 Å². The third-order valence-electron chi connectivity index (χ3n) is 1.09. The second-order valence-electron chi connectivity index (χ2n) is 1.88. The Morgan fingerprint density at radius 2 is 1.90 bits per heavy atom. The molecule has 0 unspecified atom stereocenters. The third-order valence-corrected chi connectivity index (χ3v) is 1.09. The fraction of sp³-hybridized carbons (Fsp3) is 0.429. The van der Waals surface area contributed by atoms with E-state index in [-0.39, 0.29) is 0 Å². The summed E-state index contributed by atoms with van der Waals surface area (Å²) in [5.74, 6) is 0. The van der Waals surface area contributed by atoms with Crippen LogP contribution in [0.5, 0.6) is 0 Å². The molecule has 1 N–H and O–H groups in total. The minimum atomic E-state index is 0.540. The number of rotatable bonds is 2. The maximum absolute atomic E-state index is 8.29. The molecule has 56 valence electrons. The summed E-state index contributed by atoms with van der Waals surface area (Å²) in [6.07, 6.45) is 3.47. The fourth-order valence-corrected chi connectivity index (χ4v) is 0.352. The number of oxime groups is 1. The van der Waals surface area contributed by atoms with E-state index in [1.807, 2.05) is 13.0 Å². The van der Waals surface area contributed by atoms with Crippen LogP contribution in [-0.2, 0) is 0 Å². The Balaban J connectivity index is 4.19. The minimum absolute atomic E-state index is 0.540. The Morgan fingerprint density at radius 3 is 2.30 bits per heavy atom. The van der Waals surface area contributed by atoms with E-state index in [1.165, 1.54) is 0 Å². The van der Waals surface area contributed by atoms with Gasteiger partial charge >= 0.3 is 0 Å². The van der Waals surface area contributed by atoms with Gasteiger partial charge in [-0.1, -0.05) is 11.2 Å². The van der Waals surface area contributed by atoms with Crippen molar-refractivity contribution in [2.45, 2.75) is 20.8 Å². The van der Waals surface area contributed by atoms with Gasteiger partial charge in [-0.15, -0.1) is 0 Å². The van der Waals surface area contributed by atoms with Gasteiger partial charge in [0.15, 0.2) is 0 Å². The molecule has 0 spiro atoms. The SMILES string of the molecule is C/C=C/N=C(C)/C(C)=N/O. The number of nitrogens with zero attached hydrogens (tertiary/aromatic N) is 2. The van der Waals surface area contributed by atoms with Gasteiger partial charge in [-0.3, -0.25) is 4.99 Å². The zero-order chi connectivity index (χ0) is 7.98. The fourth-order valence-electron chi connectivity index (χ4n) is 0.352. The topological polar surface area (TPSA) is 45.0 Å². The van der Waals surface area contributed by atoms with Gasteiger partial charge in [-0.2, -0.15) is 0 Å². The van der Waals surface area contributed by atoms with Crippen molar-refractivity contribution in [2.75, 3.05) is 0 Å². The highest BCUT2D eigenvalue weighted by atomic mass is 16.4. The van der Waals surface area contributed by atoms with E-state index in [4.69, 9.17) is 5.21 Å². The molecule has 3 heteroatoms.